The summed E-state index contributed by atoms with van der Waals surface area (Å²) >= 11 is 6.71. The SMILES string of the molecule is Cc1oc(=O)oc1CN=c1c2ncn([C@H]3C[C@H](OC(=O)C(C)C)[C@@](C)(COC(=O)C(C)C)O3)c2nc(Cl)n1Cc1oc(=O)oc1C. The molecule has 17 heteroatoms. The molecule has 0 aromatic carbocycles. The predicted octanol–water partition coefficient (Wildman–Crippen LogP) is 3.19. The molecule has 0 saturated carbocycles. The minimum absolute atomic E-state index is 0.0592. The molecular formula is C29H34ClN5O11. The molecule has 248 valence electrons. The summed E-state index contributed by atoms with van der Waals surface area (Å²) in [6.07, 6.45) is 0.103. The number of carbonyl (C=O) groups excluding carboxylic acids is 2. The standard InChI is InChI=1S/C29H34ClN5O11/c1-13(2)24(36)40-11-29(7)19(45-25(37)14(3)4)8-20(46-29)35-12-32-21-22(31-9-17-15(5)41-27(38)43-17)34(26(30)33-23(21)35)10-18-16(6)42-28(39)44-18/h12-14,19-20H,8-11H2,1-7H3/t19-,20+,29+/m0/s1. The summed E-state index contributed by atoms with van der Waals surface area (Å²) in [5.74, 6) is -2.53. The Hall–Kier alpha value is -4.44. The van der Waals surface area contributed by atoms with E-state index in [9.17, 15) is 19.2 Å². The van der Waals surface area contributed by atoms with Gasteiger partial charge in [0.1, 0.15) is 42.6 Å². The van der Waals surface area contributed by atoms with Crippen LogP contribution in [0.2, 0.25) is 5.28 Å². The summed E-state index contributed by atoms with van der Waals surface area (Å²) in [4.78, 5) is 62.1. The molecule has 0 N–H and O–H groups in total. The van der Waals surface area contributed by atoms with Crippen LogP contribution in [0.4, 0.5) is 0 Å². The van der Waals surface area contributed by atoms with E-state index in [2.05, 4.69) is 15.0 Å². The lowest BCUT2D eigenvalue weighted by Crippen LogP contribution is -2.44. The molecule has 0 bridgehead atoms. The van der Waals surface area contributed by atoms with Crippen molar-refractivity contribution < 1.29 is 41.5 Å². The van der Waals surface area contributed by atoms with Crippen LogP contribution >= 0.6 is 11.6 Å². The van der Waals surface area contributed by atoms with Crippen LogP contribution in [-0.2, 0) is 36.9 Å². The fraction of sp³-hybridized carbons (Fsp3) is 0.552. The number of fused-ring (bicyclic) bond motifs is 1. The number of halogens is 1. The molecule has 4 aromatic heterocycles. The van der Waals surface area contributed by atoms with Gasteiger partial charge in [0.25, 0.3) is 0 Å². The zero-order valence-corrected chi connectivity index (χ0v) is 27.1. The van der Waals surface area contributed by atoms with Gasteiger partial charge in [-0.3, -0.25) is 23.7 Å². The van der Waals surface area contributed by atoms with E-state index in [0.29, 0.717) is 0 Å². The van der Waals surface area contributed by atoms with Gasteiger partial charge in [0.2, 0.25) is 5.28 Å². The van der Waals surface area contributed by atoms with Crippen molar-refractivity contribution in [3.63, 3.8) is 0 Å². The molecule has 4 aromatic rings. The zero-order chi connectivity index (χ0) is 33.5. The van der Waals surface area contributed by atoms with Gasteiger partial charge >= 0.3 is 23.6 Å². The Labute approximate surface area is 265 Å². The van der Waals surface area contributed by atoms with Crippen molar-refractivity contribution in [3.8, 4) is 0 Å². The molecule has 1 aliphatic heterocycles. The highest BCUT2D eigenvalue weighted by atomic mass is 35.5. The number of ether oxygens (including phenoxy) is 3. The highest BCUT2D eigenvalue weighted by Crippen LogP contribution is 2.40. The third-order valence-electron chi connectivity index (χ3n) is 7.52. The highest BCUT2D eigenvalue weighted by molar-refractivity contribution is 6.28. The lowest BCUT2D eigenvalue weighted by atomic mass is 9.99. The lowest BCUT2D eigenvalue weighted by Gasteiger charge is -2.30. The summed E-state index contributed by atoms with van der Waals surface area (Å²) in [5.41, 5.74) is -0.460. The highest BCUT2D eigenvalue weighted by Gasteiger charge is 2.50. The first kappa shape index (κ1) is 32.9. The molecule has 0 spiro atoms. The topological polar surface area (TPSA) is 197 Å². The summed E-state index contributed by atoms with van der Waals surface area (Å²) in [5, 5.41) is -0.0592. The fourth-order valence-corrected chi connectivity index (χ4v) is 5.04. The number of nitrogens with zero attached hydrogens (tertiary/aromatic N) is 5. The first-order chi connectivity index (χ1) is 21.7. The summed E-state index contributed by atoms with van der Waals surface area (Å²) in [7, 11) is 0. The first-order valence-electron chi connectivity index (χ1n) is 14.5. The van der Waals surface area contributed by atoms with E-state index < -0.39 is 47.4 Å². The monoisotopic (exact) mass is 663 g/mol. The molecule has 5 rings (SSSR count). The Bertz CT molecular complexity index is 1960. The van der Waals surface area contributed by atoms with E-state index in [1.54, 1.807) is 53.0 Å². The number of aryl methyl sites for hydroxylation is 2. The van der Waals surface area contributed by atoms with Gasteiger partial charge in [-0.2, -0.15) is 4.98 Å². The number of esters is 2. The average Bonchev–Trinajstić information content (AvgIpc) is 3.71. The van der Waals surface area contributed by atoms with Crippen LogP contribution in [0, 0.1) is 25.7 Å². The van der Waals surface area contributed by atoms with Gasteiger partial charge in [-0.05, 0) is 32.4 Å². The Kier molecular flexibility index (Phi) is 9.13. The maximum absolute atomic E-state index is 12.6. The van der Waals surface area contributed by atoms with E-state index in [1.165, 1.54) is 10.9 Å². The Morgan fingerprint density at radius 1 is 1.04 bits per heavy atom. The van der Waals surface area contributed by atoms with Crippen molar-refractivity contribution in [3.05, 3.63) is 61.4 Å². The van der Waals surface area contributed by atoms with E-state index in [0.717, 1.165) is 0 Å². The number of hydrogen-bond donors (Lipinski definition) is 0. The number of rotatable bonds is 10. The third kappa shape index (κ3) is 6.58. The molecule has 1 aliphatic rings. The molecule has 1 saturated heterocycles. The molecule has 16 nitrogen and oxygen atoms in total. The van der Waals surface area contributed by atoms with Gasteiger partial charge in [0, 0.05) is 6.42 Å². The number of hydrogen-bond acceptors (Lipinski definition) is 14. The minimum atomic E-state index is -1.20. The summed E-state index contributed by atoms with van der Waals surface area (Å²) < 4.78 is 41.1. The van der Waals surface area contributed by atoms with Crippen molar-refractivity contribution in [2.24, 2.45) is 16.8 Å². The van der Waals surface area contributed by atoms with Gasteiger partial charge in [0.15, 0.2) is 28.2 Å². The fourth-order valence-electron chi connectivity index (χ4n) is 4.82. The maximum Gasteiger partial charge on any atom is 0.519 e. The molecule has 1 fully saturated rings. The van der Waals surface area contributed by atoms with E-state index >= 15 is 0 Å². The lowest BCUT2D eigenvalue weighted by molar-refractivity contribution is -0.177. The van der Waals surface area contributed by atoms with Gasteiger partial charge in [-0.25, -0.2) is 14.6 Å². The Morgan fingerprint density at radius 3 is 2.26 bits per heavy atom. The van der Waals surface area contributed by atoms with Crippen LogP contribution in [0.15, 0.2) is 38.6 Å². The second kappa shape index (κ2) is 12.7. The first-order valence-corrected chi connectivity index (χ1v) is 14.9. The Balaban J connectivity index is 1.58. The van der Waals surface area contributed by atoms with Gasteiger partial charge in [-0.1, -0.05) is 27.7 Å². The third-order valence-corrected chi connectivity index (χ3v) is 7.80. The van der Waals surface area contributed by atoms with Crippen molar-refractivity contribution in [2.75, 3.05) is 6.61 Å². The van der Waals surface area contributed by atoms with Gasteiger partial charge < -0.3 is 31.9 Å². The van der Waals surface area contributed by atoms with Crippen LogP contribution in [0.3, 0.4) is 0 Å². The van der Waals surface area contributed by atoms with E-state index in [-0.39, 0.29) is 77.0 Å². The molecule has 0 radical (unpaired) electrons. The molecule has 3 atom stereocenters. The van der Waals surface area contributed by atoms with Crippen molar-refractivity contribution in [2.45, 2.75) is 85.9 Å². The minimum Gasteiger partial charge on any atom is -0.462 e. The second-order valence-corrected chi connectivity index (χ2v) is 12.1. The van der Waals surface area contributed by atoms with Crippen LogP contribution in [-0.4, -0.2) is 49.4 Å². The maximum atomic E-state index is 12.6. The number of imidazole rings is 1. The molecule has 0 unspecified atom stereocenters. The molecule has 0 aliphatic carbocycles. The van der Waals surface area contributed by atoms with Crippen molar-refractivity contribution in [1.82, 2.24) is 19.1 Å². The largest absolute Gasteiger partial charge is 0.519 e. The quantitative estimate of drug-likeness (QED) is 0.177. The van der Waals surface area contributed by atoms with E-state index in [4.69, 9.17) is 43.5 Å². The van der Waals surface area contributed by atoms with Crippen molar-refractivity contribution >= 4 is 34.7 Å². The molecule has 46 heavy (non-hydrogen) atoms. The predicted molar refractivity (Wildman–Crippen MR) is 157 cm³/mol. The van der Waals surface area contributed by atoms with Crippen LogP contribution in [0.1, 0.15) is 70.3 Å². The van der Waals surface area contributed by atoms with Crippen LogP contribution in [0.25, 0.3) is 11.2 Å². The van der Waals surface area contributed by atoms with E-state index in [1.807, 2.05) is 0 Å². The van der Waals surface area contributed by atoms with Crippen LogP contribution in [0.5, 0.6) is 0 Å². The summed E-state index contributed by atoms with van der Waals surface area (Å²) in [6, 6.07) is 0. The van der Waals surface area contributed by atoms with Crippen molar-refractivity contribution in [1.29, 1.82) is 0 Å². The average molecular weight is 664 g/mol. The number of aromatic nitrogens is 4. The van der Waals surface area contributed by atoms with Gasteiger partial charge in [0.05, 0.1) is 24.7 Å². The van der Waals surface area contributed by atoms with Gasteiger partial charge in [-0.15, -0.1) is 0 Å². The molecule has 5 heterocycles. The number of carbonyl (C=O) groups is 2. The molecular weight excluding hydrogens is 630 g/mol. The smallest absolute Gasteiger partial charge is 0.462 e. The molecule has 0 amide bonds. The zero-order valence-electron chi connectivity index (χ0n) is 26.3. The van der Waals surface area contributed by atoms with Crippen LogP contribution < -0.4 is 17.1 Å². The Morgan fingerprint density at radius 2 is 1.67 bits per heavy atom. The summed E-state index contributed by atoms with van der Waals surface area (Å²) in [6.45, 7) is 11.3. The second-order valence-electron chi connectivity index (χ2n) is 11.8. The normalized spacial score (nSPS) is 20.3.